The van der Waals surface area contributed by atoms with Crippen LogP contribution in [0.25, 0.3) is 5.69 Å². The van der Waals surface area contributed by atoms with Crippen LogP contribution >= 0.6 is 0 Å². The molecule has 3 rings (SSSR count). The Balaban J connectivity index is 0.00000133. The number of aryl methyl sites for hydroxylation is 2. The second-order valence-electron chi connectivity index (χ2n) is 5.30. The minimum Gasteiger partial charge on any atom is -0.302 e. The zero-order valence-electron chi connectivity index (χ0n) is 11.2. The fourth-order valence-corrected chi connectivity index (χ4v) is 2.81. The van der Waals surface area contributed by atoms with Crippen molar-refractivity contribution >= 4 is 0 Å². The van der Waals surface area contributed by atoms with Gasteiger partial charge >= 0.3 is 0 Å². The summed E-state index contributed by atoms with van der Waals surface area (Å²) < 4.78 is 1.96. The number of benzene rings is 1. The van der Waals surface area contributed by atoms with Crippen LogP contribution in [0.2, 0.25) is 0 Å². The van der Waals surface area contributed by atoms with Crippen molar-refractivity contribution in [2.75, 3.05) is 14.1 Å². The van der Waals surface area contributed by atoms with Gasteiger partial charge in [-0.15, -0.1) is 0 Å². The van der Waals surface area contributed by atoms with Crippen LogP contribution in [0.5, 0.6) is 0 Å². The fraction of sp³-hybridized carbons (Fsp3) is 0.438. The third kappa shape index (κ3) is 2.43. The largest absolute Gasteiger partial charge is 0.302 e. The molecule has 3 heteroatoms. The Labute approximate surface area is 115 Å². The maximum atomic E-state index is 4.48. The van der Waals surface area contributed by atoms with E-state index in [1.807, 2.05) is 23.9 Å². The topological polar surface area (TPSA) is 21.1 Å². The highest BCUT2D eigenvalue weighted by molar-refractivity contribution is 5.44. The van der Waals surface area contributed by atoms with Crippen molar-refractivity contribution in [2.45, 2.75) is 33.2 Å². The fourth-order valence-electron chi connectivity index (χ4n) is 2.81. The molecule has 0 bridgehead atoms. The number of hydrogen-bond donors (Lipinski definition) is 0. The van der Waals surface area contributed by atoms with Crippen molar-refractivity contribution in [3.05, 3.63) is 47.3 Å². The molecule has 1 aromatic carbocycles. The van der Waals surface area contributed by atoms with Crippen LogP contribution in [0.1, 0.15) is 36.7 Å². The van der Waals surface area contributed by atoms with Gasteiger partial charge in [-0.2, -0.15) is 5.10 Å². The highest BCUT2D eigenvalue weighted by Crippen LogP contribution is 2.35. The first kappa shape index (κ1) is 13.8. The summed E-state index contributed by atoms with van der Waals surface area (Å²) in [6.45, 7) is 2.02. The molecule has 0 N–H and O–H groups in total. The van der Waals surface area contributed by atoms with E-state index in [2.05, 4.69) is 42.3 Å². The summed E-state index contributed by atoms with van der Waals surface area (Å²) in [6, 6.07) is 9.31. The van der Waals surface area contributed by atoms with E-state index in [1.165, 1.54) is 24.0 Å². The molecule has 0 saturated carbocycles. The average Bonchev–Trinajstić information content (AvgIpc) is 2.93. The average molecular weight is 257 g/mol. The van der Waals surface area contributed by atoms with Gasteiger partial charge in [-0.05, 0) is 63.2 Å². The molecule has 102 valence electrons. The molecule has 19 heavy (non-hydrogen) atoms. The van der Waals surface area contributed by atoms with Crippen molar-refractivity contribution in [3.8, 4) is 5.69 Å². The first-order valence-electron chi connectivity index (χ1n) is 6.47. The van der Waals surface area contributed by atoms with Crippen molar-refractivity contribution in [3.63, 3.8) is 0 Å². The zero-order chi connectivity index (χ0) is 12.7. The van der Waals surface area contributed by atoms with Crippen LogP contribution < -0.4 is 0 Å². The molecule has 0 radical (unpaired) electrons. The van der Waals surface area contributed by atoms with E-state index >= 15 is 0 Å². The van der Waals surface area contributed by atoms with Crippen LogP contribution in [-0.2, 0) is 6.42 Å². The molecule has 3 nitrogen and oxygen atoms in total. The predicted molar refractivity (Wildman–Crippen MR) is 79.8 cm³/mol. The molecular weight excluding hydrogens is 234 g/mol. The smallest absolute Gasteiger partial charge is 0.0649 e. The highest BCUT2D eigenvalue weighted by atomic mass is 15.3. The van der Waals surface area contributed by atoms with E-state index in [4.69, 9.17) is 0 Å². The minimum atomic E-state index is 0. The van der Waals surface area contributed by atoms with Gasteiger partial charge in [0.15, 0.2) is 0 Å². The Hall–Kier alpha value is -1.61. The zero-order valence-corrected chi connectivity index (χ0v) is 11.2. The standard InChI is InChI=1S/C15H19N3.CH4/c1-11-8-9-18(16-11)13-6-4-12-5-7-15(17(2)3)14(12)10-13;/h4,6,8-10,15H,5,7H2,1-3H3;1H4. The van der Waals surface area contributed by atoms with Crippen LogP contribution in [0.15, 0.2) is 30.5 Å². The lowest BCUT2D eigenvalue weighted by molar-refractivity contribution is 0.299. The molecule has 0 fully saturated rings. The van der Waals surface area contributed by atoms with Gasteiger partial charge in [0.05, 0.1) is 11.4 Å². The van der Waals surface area contributed by atoms with Crippen molar-refractivity contribution in [1.82, 2.24) is 14.7 Å². The van der Waals surface area contributed by atoms with Crippen LogP contribution in [-0.4, -0.2) is 28.8 Å². The Morgan fingerprint density at radius 2 is 2.05 bits per heavy atom. The molecule has 0 aliphatic heterocycles. The number of rotatable bonds is 2. The number of nitrogens with zero attached hydrogens (tertiary/aromatic N) is 3. The Morgan fingerprint density at radius 1 is 1.26 bits per heavy atom. The molecule has 2 aromatic rings. The summed E-state index contributed by atoms with van der Waals surface area (Å²) in [4.78, 5) is 2.31. The molecule has 0 spiro atoms. The highest BCUT2D eigenvalue weighted by Gasteiger charge is 2.24. The van der Waals surface area contributed by atoms with Gasteiger partial charge in [-0.1, -0.05) is 13.5 Å². The van der Waals surface area contributed by atoms with Crippen molar-refractivity contribution < 1.29 is 0 Å². The third-order valence-electron chi connectivity index (χ3n) is 3.79. The van der Waals surface area contributed by atoms with Crippen LogP contribution in [0.4, 0.5) is 0 Å². The first-order valence-corrected chi connectivity index (χ1v) is 6.47. The summed E-state index contributed by atoms with van der Waals surface area (Å²) in [7, 11) is 4.31. The van der Waals surface area contributed by atoms with E-state index in [1.54, 1.807) is 0 Å². The monoisotopic (exact) mass is 257 g/mol. The lowest BCUT2D eigenvalue weighted by Gasteiger charge is -2.20. The molecule has 1 aliphatic carbocycles. The molecule has 1 atom stereocenters. The quantitative estimate of drug-likeness (QED) is 0.822. The van der Waals surface area contributed by atoms with Crippen molar-refractivity contribution in [2.24, 2.45) is 0 Å². The summed E-state index contributed by atoms with van der Waals surface area (Å²) in [5.41, 5.74) is 5.17. The third-order valence-corrected chi connectivity index (χ3v) is 3.79. The Morgan fingerprint density at radius 3 is 2.68 bits per heavy atom. The summed E-state index contributed by atoms with van der Waals surface area (Å²) in [5, 5.41) is 4.48. The van der Waals surface area contributed by atoms with Gasteiger partial charge in [0.2, 0.25) is 0 Å². The Bertz CT molecular complexity index is 569. The van der Waals surface area contributed by atoms with E-state index in [0.29, 0.717) is 6.04 Å². The second-order valence-corrected chi connectivity index (χ2v) is 5.30. The van der Waals surface area contributed by atoms with Crippen LogP contribution in [0, 0.1) is 6.92 Å². The molecule has 1 aromatic heterocycles. The van der Waals surface area contributed by atoms with E-state index in [-0.39, 0.29) is 7.43 Å². The Kier molecular flexibility index (Phi) is 3.76. The summed E-state index contributed by atoms with van der Waals surface area (Å²) in [6.07, 6.45) is 4.44. The molecule has 1 heterocycles. The molecular formula is C16H23N3. The second kappa shape index (κ2) is 5.17. The number of fused-ring (bicyclic) bond motifs is 1. The van der Waals surface area contributed by atoms with E-state index in [9.17, 15) is 0 Å². The summed E-state index contributed by atoms with van der Waals surface area (Å²) >= 11 is 0. The molecule has 0 amide bonds. The maximum Gasteiger partial charge on any atom is 0.0649 e. The number of aromatic nitrogens is 2. The van der Waals surface area contributed by atoms with Gasteiger partial charge in [-0.25, -0.2) is 4.68 Å². The SMILES string of the molecule is C.Cc1ccn(-c2ccc3c(c2)C(N(C)C)CC3)n1. The van der Waals surface area contributed by atoms with E-state index < -0.39 is 0 Å². The van der Waals surface area contributed by atoms with Crippen LogP contribution in [0.3, 0.4) is 0 Å². The van der Waals surface area contributed by atoms with Gasteiger partial charge < -0.3 is 4.90 Å². The van der Waals surface area contributed by atoms with Gasteiger partial charge in [0.1, 0.15) is 0 Å². The molecule has 1 aliphatic rings. The lowest BCUT2D eigenvalue weighted by atomic mass is 10.1. The predicted octanol–water partition coefficient (Wildman–Crippen LogP) is 3.37. The molecule has 1 unspecified atom stereocenters. The normalized spacial score (nSPS) is 17.4. The van der Waals surface area contributed by atoms with Crippen molar-refractivity contribution in [1.29, 1.82) is 0 Å². The van der Waals surface area contributed by atoms with Gasteiger partial charge in [0.25, 0.3) is 0 Å². The maximum absolute atomic E-state index is 4.48. The minimum absolute atomic E-state index is 0. The van der Waals surface area contributed by atoms with E-state index in [0.717, 1.165) is 11.4 Å². The first-order chi connectivity index (χ1) is 8.65. The number of hydrogen-bond acceptors (Lipinski definition) is 2. The molecule has 0 saturated heterocycles. The lowest BCUT2D eigenvalue weighted by Crippen LogP contribution is -2.17. The summed E-state index contributed by atoms with van der Waals surface area (Å²) in [5.74, 6) is 0. The van der Waals surface area contributed by atoms with Gasteiger partial charge in [-0.3, -0.25) is 0 Å². The van der Waals surface area contributed by atoms with Gasteiger partial charge in [0, 0.05) is 12.2 Å².